The first-order valence-electron chi connectivity index (χ1n) is 5.22. The van der Waals surface area contributed by atoms with Crippen LogP contribution in [0.1, 0.15) is 12.0 Å². The van der Waals surface area contributed by atoms with Gasteiger partial charge >= 0.3 is 0 Å². The van der Waals surface area contributed by atoms with Crippen LogP contribution in [0.5, 0.6) is 0 Å². The summed E-state index contributed by atoms with van der Waals surface area (Å²) in [4.78, 5) is 28.3. The molecular weight excluding hydrogens is 242 g/mol. The van der Waals surface area contributed by atoms with Gasteiger partial charge in [-0.1, -0.05) is 17.7 Å². The fraction of sp³-hybridized carbons (Fsp3) is 0.364. The van der Waals surface area contributed by atoms with E-state index < -0.39 is 11.8 Å². The average Bonchev–Trinajstić information content (AvgIpc) is 2.65. The minimum atomic E-state index is -0.459. The Hall–Kier alpha value is -1.62. The summed E-state index contributed by atoms with van der Waals surface area (Å²) in [6.07, 6.45) is 0.141. The molecule has 2 heterocycles. The van der Waals surface area contributed by atoms with Gasteiger partial charge in [0.1, 0.15) is 11.0 Å². The molecule has 2 amide bonds. The summed E-state index contributed by atoms with van der Waals surface area (Å²) in [7, 11) is 0. The first kappa shape index (κ1) is 11.9. The van der Waals surface area contributed by atoms with Gasteiger partial charge in [-0.3, -0.25) is 14.5 Å². The number of anilines is 1. The molecule has 6 heteroatoms. The second kappa shape index (κ2) is 4.33. The SMILES string of the molecule is Cc1ccc(N2CC(C(N)=O)CC2=O)nc1Cl. The Kier molecular flexibility index (Phi) is 3.02. The Labute approximate surface area is 104 Å². The summed E-state index contributed by atoms with van der Waals surface area (Å²) >= 11 is 5.90. The van der Waals surface area contributed by atoms with Crippen molar-refractivity contribution in [2.24, 2.45) is 11.7 Å². The first-order valence-corrected chi connectivity index (χ1v) is 5.59. The fourth-order valence-electron chi connectivity index (χ4n) is 1.76. The van der Waals surface area contributed by atoms with Crippen LogP contribution in [0.25, 0.3) is 0 Å². The van der Waals surface area contributed by atoms with Gasteiger partial charge in [-0.2, -0.15) is 0 Å². The van der Waals surface area contributed by atoms with Crippen LogP contribution in [0.4, 0.5) is 5.82 Å². The third-order valence-electron chi connectivity index (χ3n) is 2.82. The van der Waals surface area contributed by atoms with Crippen molar-refractivity contribution < 1.29 is 9.59 Å². The normalized spacial score (nSPS) is 19.8. The van der Waals surface area contributed by atoms with Crippen LogP contribution >= 0.6 is 11.6 Å². The van der Waals surface area contributed by atoms with Crippen LogP contribution in [-0.4, -0.2) is 23.3 Å². The van der Waals surface area contributed by atoms with Gasteiger partial charge in [0.05, 0.1) is 5.92 Å². The van der Waals surface area contributed by atoms with Gasteiger partial charge in [-0.05, 0) is 18.6 Å². The molecule has 1 aromatic heterocycles. The number of nitrogens with two attached hydrogens (primary N) is 1. The second-order valence-electron chi connectivity index (χ2n) is 4.08. The van der Waals surface area contributed by atoms with E-state index in [-0.39, 0.29) is 18.9 Å². The summed E-state index contributed by atoms with van der Waals surface area (Å²) in [5, 5.41) is 0.359. The first-order chi connectivity index (χ1) is 7.99. The van der Waals surface area contributed by atoms with Gasteiger partial charge in [0.25, 0.3) is 0 Å². The number of aromatic nitrogens is 1. The van der Waals surface area contributed by atoms with Crippen LogP contribution in [0, 0.1) is 12.8 Å². The molecule has 1 aromatic rings. The Morgan fingerprint density at radius 1 is 1.59 bits per heavy atom. The van der Waals surface area contributed by atoms with E-state index >= 15 is 0 Å². The highest BCUT2D eigenvalue weighted by atomic mass is 35.5. The Balaban J connectivity index is 2.26. The fourth-order valence-corrected chi connectivity index (χ4v) is 1.91. The van der Waals surface area contributed by atoms with Crippen molar-refractivity contribution in [1.29, 1.82) is 0 Å². The lowest BCUT2D eigenvalue weighted by Gasteiger charge is -2.15. The molecule has 0 saturated carbocycles. The van der Waals surface area contributed by atoms with Crippen molar-refractivity contribution in [3.05, 3.63) is 22.8 Å². The summed E-state index contributed by atoms with van der Waals surface area (Å²) in [5.41, 5.74) is 6.03. The highest BCUT2D eigenvalue weighted by molar-refractivity contribution is 6.30. The molecule has 2 rings (SSSR count). The molecule has 1 saturated heterocycles. The number of nitrogens with zero attached hydrogens (tertiary/aromatic N) is 2. The van der Waals surface area contributed by atoms with Gasteiger partial charge in [-0.15, -0.1) is 0 Å². The molecule has 1 unspecified atom stereocenters. The average molecular weight is 254 g/mol. The maximum absolute atomic E-state index is 11.7. The van der Waals surface area contributed by atoms with Crippen LogP contribution in [0.2, 0.25) is 5.15 Å². The number of hydrogen-bond acceptors (Lipinski definition) is 3. The molecule has 0 spiro atoms. The van der Waals surface area contributed by atoms with Crippen molar-refractivity contribution in [2.45, 2.75) is 13.3 Å². The number of hydrogen-bond donors (Lipinski definition) is 1. The molecule has 2 N–H and O–H groups in total. The van der Waals surface area contributed by atoms with Gasteiger partial charge in [0, 0.05) is 13.0 Å². The predicted molar refractivity (Wildman–Crippen MR) is 63.6 cm³/mol. The zero-order valence-corrected chi connectivity index (χ0v) is 10.1. The Bertz CT molecular complexity index is 490. The Morgan fingerprint density at radius 2 is 2.29 bits per heavy atom. The highest BCUT2D eigenvalue weighted by Gasteiger charge is 2.34. The molecule has 0 aliphatic carbocycles. The van der Waals surface area contributed by atoms with E-state index in [1.165, 1.54) is 4.90 Å². The molecule has 1 atom stereocenters. The Morgan fingerprint density at radius 3 is 2.82 bits per heavy atom. The number of amides is 2. The number of aryl methyl sites for hydroxylation is 1. The van der Waals surface area contributed by atoms with E-state index in [1.54, 1.807) is 12.1 Å². The third-order valence-corrected chi connectivity index (χ3v) is 3.21. The lowest BCUT2D eigenvalue weighted by atomic mass is 10.1. The van der Waals surface area contributed by atoms with E-state index in [1.807, 2.05) is 6.92 Å². The predicted octanol–water partition coefficient (Wildman–Crippen LogP) is 0.882. The number of pyridine rings is 1. The van der Waals surface area contributed by atoms with Crippen LogP contribution in [0.3, 0.4) is 0 Å². The number of carbonyl (C=O) groups excluding carboxylic acids is 2. The summed E-state index contributed by atoms with van der Waals surface area (Å²) in [6, 6.07) is 3.50. The largest absolute Gasteiger partial charge is 0.369 e. The van der Waals surface area contributed by atoms with Crippen molar-refractivity contribution >= 4 is 29.2 Å². The molecule has 17 heavy (non-hydrogen) atoms. The molecule has 90 valence electrons. The summed E-state index contributed by atoms with van der Waals surface area (Å²) in [5.74, 6) is -0.584. The topological polar surface area (TPSA) is 76.3 Å². The lowest BCUT2D eigenvalue weighted by molar-refractivity contribution is -0.123. The molecule has 1 fully saturated rings. The molecule has 1 aliphatic heterocycles. The quantitative estimate of drug-likeness (QED) is 0.795. The summed E-state index contributed by atoms with van der Waals surface area (Å²) in [6.45, 7) is 2.11. The van der Waals surface area contributed by atoms with Gasteiger partial charge in [0.2, 0.25) is 11.8 Å². The molecule has 5 nitrogen and oxygen atoms in total. The number of rotatable bonds is 2. The standard InChI is InChI=1S/C11H12ClN3O2/c1-6-2-3-8(14-10(6)12)15-5-7(11(13)17)4-9(15)16/h2-3,7H,4-5H2,1H3,(H2,13,17). The minimum absolute atomic E-state index is 0.141. The number of primary amides is 1. The molecule has 0 aromatic carbocycles. The highest BCUT2D eigenvalue weighted by Crippen LogP contribution is 2.25. The zero-order chi connectivity index (χ0) is 12.6. The van der Waals surface area contributed by atoms with Crippen LogP contribution in [0.15, 0.2) is 12.1 Å². The number of halogens is 1. The molecule has 0 bridgehead atoms. The zero-order valence-electron chi connectivity index (χ0n) is 9.31. The van der Waals surface area contributed by atoms with Crippen molar-refractivity contribution in [2.75, 3.05) is 11.4 Å². The van der Waals surface area contributed by atoms with Crippen molar-refractivity contribution in [3.63, 3.8) is 0 Å². The van der Waals surface area contributed by atoms with E-state index in [2.05, 4.69) is 4.98 Å². The van der Waals surface area contributed by atoms with Gasteiger partial charge in [-0.25, -0.2) is 4.98 Å². The van der Waals surface area contributed by atoms with Crippen molar-refractivity contribution in [1.82, 2.24) is 4.98 Å². The van der Waals surface area contributed by atoms with Crippen molar-refractivity contribution in [3.8, 4) is 0 Å². The minimum Gasteiger partial charge on any atom is -0.369 e. The molecule has 0 radical (unpaired) electrons. The monoisotopic (exact) mass is 253 g/mol. The smallest absolute Gasteiger partial charge is 0.229 e. The van der Waals surface area contributed by atoms with Crippen LogP contribution < -0.4 is 10.6 Å². The van der Waals surface area contributed by atoms with E-state index in [4.69, 9.17) is 17.3 Å². The van der Waals surface area contributed by atoms with Crippen LogP contribution in [-0.2, 0) is 9.59 Å². The van der Waals surface area contributed by atoms with Gasteiger partial charge in [0.15, 0.2) is 0 Å². The van der Waals surface area contributed by atoms with Gasteiger partial charge < -0.3 is 5.73 Å². The van der Waals surface area contributed by atoms with E-state index in [0.29, 0.717) is 11.0 Å². The summed E-state index contributed by atoms with van der Waals surface area (Å²) < 4.78 is 0. The second-order valence-corrected chi connectivity index (χ2v) is 4.44. The lowest BCUT2D eigenvalue weighted by Crippen LogP contribution is -2.29. The third kappa shape index (κ3) is 2.24. The maximum Gasteiger partial charge on any atom is 0.229 e. The maximum atomic E-state index is 11.7. The number of carbonyl (C=O) groups is 2. The van der Waals surface area contributed by atoms with E-state index in [9.17, 15) is 9.59 Å². The van der Waals surface area contributed by atoms with E-state index in [0.717, 1.165) is 5.56 Å². The molecular formula is C11H12ClN3O2. The molecule has 1 aliphatic rings.